The van der Waals surface area contributed by atoms with Gasteiger partial charge in [0, 0.05) is 18.2 Å². The fourth-order valence-electron chi connectivity index (χ4n) is 2.76. The molecule has 0 radical (unpaired) electrons. The molecule has 17 heavy (non-hydrogen) atoms. The molecule has 1 atom stereocenters. The minimum Gasteiger partial charge on any atom is -0.348 e. The third-order valence-electron chi connectivity index (χ3n) is 3.76. The summed E-state index contributed by atoms with van der Waals surface area (Å²) in [5.41, 5.74) is 3.60. The van der Waals surface area contributed by atoms with E-state index in [-0.39, 0.29) is 5.91 Å². The number of benzene rings is 1. The van der Waals surface area contributed by atoms with Crippen LogP contribution in [0.25, 0.3) is 0 Å². The zero-order chi connectivity index (χ0) is 11.7. The molecule has 1 aliphatic carbocycles. The van der Waals surface area contributed by atoms with Gasteiger partial charge in [-0.2, -0.15) is 0 Å². The van der Waals surface area contributed by atoms with Gasteiger partial charge in [0.25, 0.3) is 5.91 Å². The Morgan fingerprint density at radius 1 is 1.29 bits per heavy atom. The second-order valence-corrected chi connectivity index (χ2v) is 5.00. The van der Waals surface area contributed by atoms with Gasteiger partial charge in [-0.3, -0.25) is 4.79 Å². The van der Waals surface area contributed by atoms with Crippen molar-refractivity contribution in [1.82, 2.24) is 10.6 Å². The van der Waals surface area contributed by atoms with Crippen LogP contribution in [0.15, 0.2) is 18.2 Å². The minimum atomic E-state index is 0.0772. The van der Waals surface area contributed by atoms with Gasteiger partial charge in [-0.15, -0.1) is 0 Å². The maximum atomic E-state index is 12.1. The van der Waals surface area contributed by atoms with Gasteiger partial charge in [-0.1, -0.05) is 6.07 Å². The Labute approximate surface area is 102 Å². The molecule has 3 heteroatoms. The van der Waals surface area contributed by atoms with Crippen LogP contribution in [0.2, 0.25) is 0 Å². The summed E-state index contributed by atoms with van der Waals surface area (Å²) in [6.07, 6.45) is 4.56. The smallest absolute Gasteiger partial charge is 0.251 e. The molecule has 1 fully saturated rings. The molecule has 1 aromatic carbocycles. The van der Waals surface area contributed by atoms with E-state index in [1.165, 1.54) is 24.0 Å². The summed E-state index contributed by atoms with van der Waals surface area (Å²) in [7, 11) is 0. The molecule has 1 aromatic rings. The third kappa shape index (κ3) is 2.20. The first-order valence-corrected chi connectivity index (χ1v) is 6.46. The van der Waals surface area contributed by atoms with Gasteiger partial charge in [-0.05, 0) is 55.5 Å². The van der Waals surface area contributed by atoms with E-state index in [0.29, 0.717) is 6.04 Å². The second kappa shape index (κ2) is 4.49. The number of aryl methyl sites for hydroxylation is 2. The lowest BCUT2D eigenvalue weighted by Crippen LogP contribution is -2.36. The first kappa shape index (κ1) is 10.8. The summed E-state index contributed by atoms with van der Waals surface area (Å²) >= 11 is 0. The number of amides is 1. The van der Waals surface area contributed by atoms with Crippen molar-refractivity contribution in [2.45, 2.75) is 31.7 Å². The average molecular weight is 230 g/mol. The van der Waals surface area contributed by atoms with Crippen molar-refractivity contribution in [3.8, 4) is 0 Å². The summed E-state index contributed by atoms with van der Waals surface area (Å²) in [6, 6.07) is 6.45. The molecule has 1 heterocycles. The molecule has 90 valence electrons. The standard InChI is InChI=1S/C14H18N2O/c17-14(16-13-6-7-15-9-13)12-5-4-10-2-1-3-11(10)8-12/h4-5,8,13,15H,1-3,6-7,9H2,(H,16,17)/t13-/m0/s1. The van der Waals surface area contributed by atoms with Crippen molar-refractivity contribution in [3.63, 3.8) is 0 Å². The molecule has 1 aliphatic heterocycles. The van der Waals surface area contributed by atoms with Crippen LogP contribution in [-0.2, 0) is 12.8 Å². The highest BCUT2D eigenvalue weighted by Gasteiger charge is 2.19. The van der Waals surface area contributed by atoms with E-state index in [4.69, 9.17) is 0 Å². The van der Waals surface area contributed by atoms with Crippen molar-refractivity contribution in [1.29, 1.82) is 0 Å². The van der Waals surface area contributed by atoms with Gasteiger partial charge in [0.1, 0.15) is 0 Å². The summed E-state index contributed by atoms with van der Waals surface area (Å²) in [5.74, 6) is 0.0772. The summed E-state index contributed by atoms with van der Waals surface area (Å²) < 4.78 is 0. The molecule has 3 rings (SSSR count). The van der Waals surface area contributed by atoms with Crippen molar-refractivity contribution >= 4 is 5.91 Å². The number of hydrogen-bond donors (Lipinski definition) is 2. The van der Waals surface area contributed by atoms with Gasteiger partial charge in [0.05, 0.1) is 0 Å². The van der Waals surface area contributed by atoms with Crippen LogP contribution >= 0.6 is 0 Å². The highest BCUT2D eigenvalue weighted by atomic mass is 16.1. The fourth-order valence-corrected chi connectivity index (χ4v) is 2.76. The molecular formula is C14H18N2O. The Morgan fingerprint density at radius 3 is 3.00 bits per heavy atom. The van der Waals surface area contributed by atoms with E-state index in [9.17, 15) is 4.79 Å². The zero-order valence-electron chi connectivity index (χ0n) is 9.96. The predicted molar refractivity (Wildman–Crippen MR) is 67.2 cm³/mol. The molecule has 0 aromatic heterocycles. The van der Waals surface area contributed by atoms with Gasteiger partial charge in [0.15, 0.2) is 0 Å². The maximum Gasteiger partial charge on any atom is 0.251 e. The topological polar surface area (TPSA) is 41.1 Å². The van der Waals surface area contributed by atoms with E-state index < -0.39 is 0 Å². The van der Waals surface area contributed by atoms with E-state index in [2.05, 4.69) is 22.8 Å². The van der Waals surface area contributed by atoms with Gasteiger partial charge >= 0.3 is 0 Å². The Hall–Kier alpha value is -1.35. The number of fused-ring (bicyclic) bond motifs is 1. The summed E-state index contributed by atoms with van der Waals surface area (Å²) in [6.45, 7) is 1.91. The van der Waals surface area contributed by atoms with Gasteiger partial charge in [-0.25, -0.2) is 0 Å². The highest BCUT2D eigenvalue weighted by molar-refractivity contribution is 5.94. The molecular weight excluding hydrogens is 212 g/mol. The third-order valence-corrected chi connectivity index (χ3v) is 3.76. The Bertz CT molecular complexity index is 436. The molecule has 0 unspecified atom stereocenters. The molecule has 0 bridgehead atoms. The van der Waals surface area contributed by atoms with Gasteiger partial charge in [0.2, 0.25) is 0 Å². The molecule has 1 saturated heterocycles. The van der Waals surface area contributed by atoms with E-state index in [0.717, 1.165) is 31.5 Å². The molecule has 1 amide bonds. The lowest BCUT2D eigenvalue weighted by Gasteiger charge is -2.12. The van der Waals surface area contributed by atoms with Crippen LogP contribution in [0.3, 0.4) is 0 Å². The fraction of sp³-hybridized carbons (Fsp3) is 0.500. The number of carbonyl (C=O) groups excluding carboxylic acids is 1. The van der Waals surface area contributed by atoms with E-state index >= 15 is 0 Å². The van der Waals surface area contributed by atoms with Crippen LogP contribution in [-0.4, -0.2) is 25.0 Å². The van der Waals surface area contributed by atoms with Crippen molar-refractivity contribution < 1.29 is 4.79 Å². The van der Waals surface area contributed by atoms with Crippen LogP contribution in [0.5, 0.6) is 0 Å². The molecule has 2 aliphatic rings. The minimum absolute atomic E-state index is 0.0772. The van der Waals surface area contributed by atoms with Crippen LogP contribution < -0.4 is 10.6 Å². The first-order valence-electron chi connectivity index (χ1n) is 6.46. The van der Waals surface area contributed by atoms with Crippen LogP contribution in [0.4, 0.5) is 0 Å². The number of hydrogen-bond acceptors (Lipinski definition) is 2. The first-order chi connectivity index (χ1) is 8.33. The second-order valence-electron chi connectivity index (χ2n) is 5.00. The largest absolute Gasteiger partial charge is 0.348 e. The summed E-state index contributed by atoms with van der Waals surface area (Å²) in [5, 5.41) is 6.34. The van der Waals surface area contributed by atoms with Crippen molar-refractivity contribution in [3.05, 3.63) is 34.9 Å². The quantitative estimate of drug-likeness (QED) is 0.803. The van der Waals surface area contributed by atoms with Crippen molar-refractivity contribution in [2.75, 3.05) is 13.1 Å². The molecule has 0 spiro atoms. The normalized spacial score (nSPS) is 22.5. The van der Waals surface area contributed by atoms with E-state index in [1.54, 1.807) is 0 Å². The molecule has 0 saturated carbocycles. The molecule has 3 nitrogen and oxygen atoms in total. The van der Waals surface area contributed by atoms with Crippen LogP contribution in [0.1, 0.15) is 34.3 Å². The highest BCUT2D eigenvalue weighted by Crippen LogP contribution is 2.22. The lowest BCUT2D eigenvalue weighted by atomic mass is 10.1. The van der Waals surface area contributed by atoms with Crippen molar-refractivity contribution in [2.24, 2.45) is 0 Å². The Kier molecular flexibility index (Phi) is 2.85. The number of rotatable bonds is 2. The molecule has 2 N–H and O–H groups in total. The van der Waals surface area contributed by atoms with E-state index in [1.807, 2.05) is 6.07 Å². The maximum absolute atomic E-state index is 12.1. The van der Waals surface area contributed by atoms with Crippen LogP contribution in [0, 0.1) is 0 Å². The zero-order valence-corrected chi connectivity index (χ0v) is 9.96. The SMILES string of the molecule is O=C(N[C@H]1CCNC1)c1ccc2c(c1)CCC2. The predicted octanol–water partition coefficient (Wildman–Crippen LogP) is 1.27. The number of carbonyl (C=O) groups is 1. The number of nitrogens with one attached hydrogen (secondary N) is 2. The monoisotopic (exact) mass is 230 g/mol. The lowest BCUT2D eigenvalue weighted by molar-refractivity contribution is 0.0940. The Morgan fingerprint density at radius 2 is 2.18 bits per heavy atom. The van der Waals surface area contributed by atoms with Gasteiger partial charge < -0.3 is 10.6 Å². The summed E-state index contributed by atoms with van der Waals surface area (Å²) in [4.78, 5) is 12.1. The average Bonchev–Trinajstić information content (AvgIpc) is 2.97. The Balaban J connectivity index is 1.72.